The van der Waals surface area contributed by atoms with Crippen molar-refractivity contribution in [3.05, 3.63) is 28.7 Å². The first-order valence-electron chi connectivity index (χ1n) is 6.76. The zero-order valence-electron chi connectivity index (χ0n) is 12.0. The van der Waals surface area contributed by atoms with Gasteiger partial charge in [-0.15, -0.1) is 0 Å². The van der Waals surface area contributed by atoms with Gasteiger partial charge in [0.25, 0.3) is 5.91 Å². The minimum atomic E-state index is -0.863. The standard InChI is InChI=1S/C15H18BrNO4/c1-10(21-12-5-3-4-11(16)8-12)13(18)17-7-6-15(2,9-17)14(19)20/h3-5,8,10H,6-7,9H2,1-2H3,(H,19,20)/t10-,15+/m0/s1. The molecule has 1 aliphatic rings. The molecule has 1 aromatic rings. The molecule has 5 nitrogen and oxygen atoms in total. The van der Waals surface area contributed by atoms with Gasteiger partial charge < -0.3 is 14.7 Å². The average molecular weight is 356 g/mol. The summed E-state index contributed by atoms with van der Waals surface area (Å²) in [6.07, 6.45) is -0.173. The lowest BCUT2D eigenvalue weighted by Gasteiger charge is -2.23. The van der Waals surface area contributed by atoms with E-state index in [0.717, 1.165) is 4.47 Å². The highest BCUT2D eigenvalue weighted by atomic mass is 79.9. The van der Waals surface area contributed by atoms with E-state index in [1.54, 1.807) is 30.9 Å². The van der Waals surface area contributed by atoms with Crippen LogP contribution in [0.1, 0.15) is 20.3 Å². The number of hydrogen-bond donors (Lipinski definition) is 1. The van der Waals surface area contributed by atoms with E-state index in [1.165, 1.54) is 0 Å². The summed E-state index contributed by atoms with van der Waals surface area (Å²) >= 11 is 3.35. The highest BCUT2D eigenvalue weighted by Gasteiger charge is 2.43. The molecular formula is C15H18BrNO4. The molecule has 114 valence electrons. The van der Waals surface area contributed by atoms with Gasteiger partial charge in [0, 0.05) is 17.6 Å². The van der Waals surface area contributed by atoms with Gasteiger partial charge in [-0.3, -0.25) is 9.59 Å². The number of likely N-dealkylation sites (tertiary alicyclic amines) is 1. The number of carbonyl (C=O) groups is 2. The molecule has 0 spiro atoms. The van der Waals surface area contributed by atoms with Crippen LogP contribution in [-0.4, -0.2) is 41.1 Å². The van der Waals surface area contributed by atoms with E-state index >= 15 is 0 Å². The SMILES string of the molecule is C[C@H](Oc1cccc(Br)c1)C(=O)N1CC[C@@](C)(C(=O)O)C1. The van der Waals surface area contributed by atoms with Crippen LogP contribution in [0.5, 0.6) is 5.75 Å². The van der Waals surface area contributed by atoms with E-state index in [2.05, 4.69) is 15.9 Å². The Morgan fingerprint density at radius 3 is 2.76 bits per heavy atom. The second-order valence-electron chi connectivity index (χ2n) is 5.59. The molecule has 1 heterocycles. The van der Waals surface area contributed by atoms with Crippen LogP contribution in [0.4, 0.5) is 0 Å². The lowest BCUT2D eigenvalue weighted by molar-refractivity contribution is -0.147. The van der Waals surface area contributed by atoms with Gasteiger partial charge in [0.15, 0.2) is 6.10 Å². The molecule has 0 aromatic heterocycles. The summed E-state index contributed by atoms with van der Waals surface area (Å²) in [4.78, 5) is 25.1. The van der Waals surface area contributed by atoms with Crippen molar-refractivity contribution in [2.24, 2.45) is 5.41 Å². The molecule has 0 aliphatic carbocycles. The number of benzene rings is 1. The predicted molar refractivity (Wildman–Crippen MR) is 81.2 cm³/mol. The average Bonchev–Trinajstić information content (AvgIpc) is 2.82. The van der Waals surface area contributed by atoms with Gasteiger partial charge in [-0.2, -0.15) is 0 Å². The first-order chi connectivity index (χ1) is 9.82. The summed E-state index contributed by atoms with van der Waals surface area (Å²) in [5, 5.41) is 9.20. The molecule has 0 radical (unpaired) electrons. The van der Waals surface area contributed by atoms with Gasteiger partial charge >= 0.3 is 5.97 Å². The number of rotatable bonds is 4. The molecule has 2 rings (SSSR count). The first kappa shape index (κ1) is 15.8. The minimum Gasteiger partial charge on any atom is -0.481 e. The zero-order valence-corrected chi connectivity index (χ0v) is 13.6. The number of hydrogen-bond acceptors (Lipinski definition) is 3. The van der Waals surface area contributed by atoms with Gasteiger partial charge in [0.2, 0.25) is 0 Å². The van der Waals surface area contributed by atoms with E-state index in [-0.39, 0.29) is 12.5 Å². The molecule has 2 atom stereocenters. The fourth-order valence-corrected chi connectivity index (χ4v) is 2.75. The molecule has 1 aliphatic heterocycles. The van der Waals surface area contributed by atoms with Crippen molar-refractivity contribution in [3.8, 4) is 5.75 Å². The van der Waals surface area contributed by atoms with Crippen LogP contribution in [0.2, 0.25) is 0 Å². The van der Waals surface area contributed by atoms with Crippen LogP contribution in [0, 0.1) is 5.41 Å². The summed E-state index contributed by atoms with van der Waals surface area (Å²) in [7, 11) is 0. The highest BCUT2D eigenvalue weighted by Crippen LogP contribution is 2.30. The van der Waals surface area contributed by atoms with Crippen LogP contribution in [0.3, 0.4) is 0 Å². The quantitative estimate of drug-likeness (QED) is 0.900. The van der Waals surface area contributed by atoms with Crippen LogP contribution in [-0.2, 0) is 9.59 Å². The van der Waals surface area contributed by atoms with E-state index in [1.807, 2.05) is 12.1 Å². The largest absolute Gasteiger partial charge is 0.481 e. The summed E-state index contributed by atoms with van der Waals surface area (Å²) < 4.78 is 6.50. The second kappa shape index (κ2) is 6.05. The molecule has 1 amide bonds. The Labute approximate surface area is 132 Å². The van der Waals surface area contributed by atoms with E-state index in [0.29, 0.717) is 18.7 Å². The highest BCUT2D eigenvalue weighted by molar-refractivity contribution is 9.10. The van der Waals surface area contributed by atoms with E-state index < -0.39 is 17.5 Å². The number of halogens is 1. The van der Waals surface area contributed by atoms with E-state index in [9.17, 15) is 14.7 Å². The third kappa shape index (κ3) is 3.56. The van der Waals surface area contributed by atoms with Crippen molar-refractivity contribution < 1.29 is 19.4 Å². The van der Waals surface area contributed by atoms with Crippen molar-refractivity contribution in [2.45, 2.75) is 26.4 Å². The Morgan fingerprint density at radius 1 is 1.48 bits per heavy atom. The Morgan fingerprint density at radius 2 is 2.19 bits per heavy atom. The molecule has 1 N–H and O–H groups in total. The maximum absolute atomic E-state index is 12.3. The third-order valence-electron chi connectivity index (χ3n) is 3.76. The van der Waals surface area contributed by atoms with Crippen LogP contribution < -0.4 is 4.74 Å². The molecule has 6 heteroatoms. The van der Waals surface area contributed by atoms with Crippen molar-refractivity contribution >= 4 is 27.8 Å². The predicted octanol–water partition coefficient (Wildman–Crippen LogP) is 2.54. The maximum atomic E-state index is 12.3. The van der Waals surface area contributed by atoms with Crippen LogP contribution in [0.15, 0.2) is 28.7 Å². The van der Waals surface area contributed by atoms with Crippen LogP contribution >= 0.6 is 15.9 Å². The fourth-order valence-electron chi connectivity index (χ4n) is 2.38. The Kier molecular flexibility index (Phi) is 4.56. The topological polar surface area (TPSA) is 66.8 Å². The lowest BCUT2D eigenvalue weighted by atomic mass is 9.90. The van der Waals surface area contributed by atoms with Gasteiger partial charge in [0.05, 0.1) is 5.41 Å². The number of nitrogens with zero attached hydrogens (tertiary/aromatic N) is 1. The molecule has 0 bridgehead atoms. The van der Waals surface area contributed by atoms with Crippen molar-refractivity contribution in [1.29, 1.82) is 0 Å². The maximum Gasteiger partial charge on any atom is 0.311 e. The Bertz CT molecular complexity index is 562. The van der Waals surface area contributed by atoms with Crippen molar-refractivity contribution in [2.75, 3.05) is 13.1 Å². The van der Waals surface area contributed by atoms with Crippen molar-refractivity contribution in [1.82, 2.24) is 4.90 Å². The number of ether oxygens (including phenoxy) is 1. The number of aliphatic carboxylic acids is 1. The molecule has 1 aromatic carbocycles. The van der Waals surface area contributed by atoms with Crippen molar-refractivity contribution in [3.63, 3.8) is 0 Å². The number of carbonyl (C=O) groups excluding carboxylic acids is 1. The van der Waals surface area contributed by atoms with Gasteiger partial charge in [-0.25, -0.2) is 0 Å². The van der Waals surface area contributed by atoms with E-state index in [4.69, 9.17) is 4.74 Å². The fraction of sp³-hybridized carbons (Fsp3) is 0.467. The summed E-state index contributed by atoms with van der Waals surface area (Å²) in [5.41, 5.74) is -0.856. The zero-order chi connectivity index (χ0) is 15.6. The number of carboxylic acid groups (broad SMARTS) is 1. The Balaban J connectivity index is 1.99. The second-order valence-corrected chi connectivity index (χ2v) is 6.51. The smallest absolute Gasteiger partial charge is 0.311 e. The minimum absolute atomic E-state index is 0.181. The number of amides is 1. The molecule has 1 saturated heterocycles. The monoisotopic (exact) mass is 355 g/mol. The summed E-state index contributed by atoms with van der Waals surface area (Å²) in [6.45, 7) is 4.03. The third-order valence-corrected chi connectivity index (χ3v) is 4.25. The number of carboxylic acids is 1. The molecule has 1 fully saturated rings. The molecule has 0 saturated carbocycles. The summed E-state index contributed by atoms with van der Waals surface area (Å²) in [5.74, 6) is -0.441. The molecular weight excluding hydrogens is 338 g/mol. The van der Waals surface area contributed by atoms with Gasteiger partial charge in [0.1, 0.15) is 5.75 Å². The first-order valence-corrected chi connectivity index (χ1v) is 7.55. The normalized spacial score (nSPS) is 22.9. The van der Waals surface area contributed by atoms with Gasteiger partial charge in [-0.1, -0.05) is 22.0 Å². The van der Waals surface area contributed by atoms with Crippen LogP contribution in [0.25, 0.3) is 0 Å². The Hall–Kier alpha value is -1.56. The lowest BCUT2D eigenvalue weighted by Crippen LogP contribution is -2.41. The summed E-state index contributed by atoms with van der Waals surface area (Å²) in [6, 6.07) is 7.26. The molecule has 0 unspecified atom stereocenters. The molecule has 21 heavy (non-hydrogen) atoms. The van der Waals surface area contributed by atoms with Gasteiger partial charge in [-0.05, 0) is 38.5 Å².